The molecule has 1 rings (SSSR count). The third-order valence-corrected chi connectivity index (χ3v) is 2.50. The predicted octanol–water partition coefficient (Wildman–Crippen LogP) is 1.59. The topological polar surface area (TPSA) is 43.1 Å². The maximum absolute atomic E-state index is 13.1. The normalized spacial score (nSPS) is 12.8. The van der Waals surface area contributed by atoms with Gasteiger partial charge in [-0.05, 0) is 30.2 Å². The molecule has 0 radical (unpaired) electrons. The molecular formula is C9H12FNOS. The molecule has 0 fully saturated rings. The van der Waals surface area contributed by atoms with Crippen molar-refractivity contribution in [2.24, 2.45) is 0 Å². The van der Waals surface area contributed by atoms with Gasteiger partial charge in [-0.3, -0.25) is 4.21 Å². The summed E-state index contributed by atoms with van der Waals surface area (Å²) in [6, 6.07) is 2.92. The minimum Gasteiger partial charge on any atom is -0.398 e. The molecule has 0 spiro atoms. The van der Waals surface area contributed by atoms with Gasteiger partial charge < -0.3 is 5.73 Å². The minimum atomic E-state index is -0.988. The van der Waals surface area contributed by atoms with Crippen molar-refractivity contribution in [3.8, 4) is 0 Å². The van der Waals surface area contributed by atoms with Crippen LogP contribution in [0.5, 0.6) is 0 Å². The van der Waals surface area contributed by atoms with Crippen molar-refractivity contribution in [3.05, 3.63) is 29.1 Å². The van der Waals surface area contributed by atoms with Crippen molar-refractivity contribution in [3.63, 3.8) is 0 Å². The molecule has 0 amide bonds. The van der Waals surface area contributed by atoms with Gasteiger partial charge in [0.2, 0.25) is 0 Å². The van der Waals surface area contributed by atoms with Crippen molar-refractivity contribution in [2.75, 3.05) is 12.0 Å². The monoisotopic (exact) mass is 201 g/mol. The first-order chi connectivity index (χ1) is 6.00. The molecule has 0 aliphatic heterocycles. The van der Waals surface area contributed by atoms with Gasteiger partial charge in [-0.25, -0.2) is 4.39 Å². The molecular weight excluding hydrogens is 189 g/mol. The first-order valence-corrected chi connectivity index (χ1v) is 5.58. The highest BCUT2D eigenvalue weighted by Gasteiger charge is 2.05. The summed E-state index contributed by atoms with van der Waals surface area (Å²) in [5.41, 5.74) is 7.28. The van der Waals surface area contributed by atoms with Crippen LogP contribution in [0.15, 0.2) is 12.1 Å². The summed E-state index contributed by atoms with van der Waals surface area (Å²) in [6.07, 6.45) is 1.57. The number of hydrogen-bond donors (Lipinski definition) is 1. The summed E-state index contributed by atoms with van der Waals surface area (Å²) in [5.74, 6) is 0.0119. The molecule has 2 nitrogen and oxygen atoms in total. The van der Waals surface area contributed by atoms with E-state index < -0.39 is 10.8 Å². The minimum absolute atomic E-state index is 0.297. The van der Waals surface area contributed by atoms with E-state index in [1.807, 2.05) is 0 Å². The molecule has 2 N–H and O–H groups in total. The van der Waals surface area contributed by atoms with E-state index in [1.54, 1.807) is 19.2 Å². The van der Waals surface area contributed by atoms with E-state index >= 15 is 0 Å². The summed E-state index contributed by atoms with van der Waals surface area (Å²) in [4.78, 5) is 0. The highest BCUT2D eigenvalue weighted by Crippen LogP contribution is 2.18. The number of benzene rings is 1. The molecule has 0 saturated carbocycles. The largest absolute Gasteiger partial charge is 0.398 e. The first kappa shape index (κ1) is 10.2. The molecule has 4 heteroatoms. The Labute approximate surface area is 79.4 Å². The zero-order chi connectivity index (χ0) is 10.0. The zero-order valence-electron chi connectivity index (χ0n) is 7.63. The second kappa shape index (κ2) is 3.87. The molecule has 1 unspecified atom stereocenters. The number of nitrogens with two attached hydrogens (primary N) is 1. The average molecular weight is 201 g/mol. The van der Waals surface area contributed by atoms with Crippen molar-refractivity contribution < 1.29 is 8.60 Å². The Kier molecular flexibility index (Phi) is 3.03. The summed E-state index contributed by atoms with van der Waals surface area (Å²) in [5, 5.41) is 0. The van der Waals surface area contributed by atoms with Crippen LogP contribution in [-0.2, 0) is 16.6 Å². The lowest BCUT2D eigenvalue weighted by atomic mass is 10.1. The first-order valence-electron chi connectivity index (χ1n) is 3.85. The van der Waals surface area contributed by atoms with Gasteiger partial charge in [-0.1, -0.05) is 0 Å². The van der Waals surface area contributed by atoms with Gasteiger partial charge in [-0.2, -0.15) is 0 Å². The number of rotatable bonds is 2. The third kappa shape index (κ3) is 2.52. The van der Waals surface area contributed by atoms with Crippen LogP contribution in [0.4, 0.5) is 10.1 Å². The lowest BCUT2D eigenvalue weighted by Gasteiger charge is -2.05. The summed E-state index contributed by atoms with van der Waals surface area (Å²) >= 11 is 0. The Bertz CT molecular complexity index is 352. The van der Waals surface area contributed by atoms with Gasteiger partial charge in [0.05, 0.1) is 5.75 Å². The van der Waals surface area contributed by atoms with Crippen LogP contribution < -0.4 is 5.73 Å². The van der Waals surface area contributed by atoms with Gasteiger partial charge in [0, 0.05) is 22.7 Å². The van der Waals surface area contributed by atoms with Crippen LogP contribution in [-0.4, -0.2) is 10.5 Å². The Morgan fingerprint density at radius 3 is 2.69 bits per heavy atom. The van der Waals surface area contributed by atoms with Crippen LogP contribution >= 0.6 is 0 Å². The average Bonchev–Trinajstić information content (AvgIpc) is 1.99. The van der Waals surface area contributed by atoms with E-state index in [4.69, 9.17) is 5.73 Å². The van der Waals surface area contributed by atoms with Crippen LogP contribution in [0.3, 0.4) is 0 Å². The quantitative estimate of drug-likeness (QED) is 0.738. The number of hydrogen-bond acceptors (Lipinski definition) is 2. The molecule has 0 aliphatic rings. The second-order valence-corrected chi connectivity index (χ2v) is 4.45. The third-order valence-electron chi connectivity index (χ3n) is 1.78. The predicted molar refractivity (Wildman–Crippen MR) is 53.3 cm³/mol. The van der Waals surface area contributed by atoms with E-state index in [2.05, 4.69) is 0 Å². The zero-order valence-corrected chi connectivity index (χ0v) is 8.45. The molecule has 1 aromatic carbocycles. The van der Waals surface area contributed by atoms with Gasteiger partial charge in [0.25, 0.3) is 0 Å². The second-order valence-electron chi connectivity index (χ2n) is 3.02. The molecule has 0 aliphatic carbocycles. The fraction of sp³-hybridized carbons (Fsp3) is 0.333. The highest BCUT2D eigenvalue weighted by atomic mass is 32.2. The fourth-order valence-electron chi connectivity index (χ4n) is 1.09. The van der Waals surface area contributed by atoms with Crippen LogP contribution in [0.2, 0.25) is 0 Å². The lowest BCUT2D eigenvalue weighted by molar-refractivity contribution is 0.617. The molecule has 13 heavy (non-hydrogen) atoms. The number of halogens is 1. The van der Waals surface area contributed by atoms with Crippen molar-refractivity contribution >= 4 is 16.5 Å². The molecule has 0 aromatic heterocycles. The number of nitrogen functional groups attached to an aromatic ring is 1. The number of anilines is 1. The summed E-state index contributed by atoms with van der Waals surface area (Å²) < 4.78 is 23.9. The lowest BCUT2D eigenvalue weighted by Crippen LogP contribution is -2.00. The Hall–Kier alpha value is -0.900. The van der Waals surface area contributed by atoms with E-state index in [0.29, 0.717) is 22.6 Å². The maximum atomic E-state index is 13.1. The smallest absolute Gasteiger partial charge is 0.126 e. The molecule has 0 heterocycles. The van der Waals surface area contributed by atoms with Crippen molar-refractivity contribution in [1.82, 2.24) is 0 Å². The van der Waals surface area contributed by atoms with Crippen LogP contribution in [0.25, 0.3) is 0 Å². The molecule has 1 atom stereocenters. The molecule has 0 bridgehead atoms. The summed E-state index contributed by atoms with van der Waals surface area (Å²) in [7, 11) is -0.988. The maximum Gasteiger partial charge on any atom is 0.126 e. The van der Waals surface area contributed by atoms with Gasteiger partial charge in [0.1, 0.15) is 5.82 Å². The van der Waals surface area contributed by atoms with Gasteiger partial charge in [-0.15, -0.1) is 0 Å². The standard InChI is InChI=1S/C9H12FNOS/c1-6-3-9(11)7(4-8(6)10)5-13(2)12/h3-4H,5,11H2,1-2H3. The Morgan fingerprint density at radius 1 is 1.54 bits per heavy atom. The van der Waals surface area contributed by atoms with Gasteiger partial charge >= 0.3 is 0 Å². The van der Waals surface area contributed by atoms with E-state index in [9.17, 15) is 8.60 Å². The van der Waals surface area contributed by atoms with E-state index in [0.717, 1.165) is 0 Å². The number of aryl methyl sites for hydroxylation is 1. The molecule has 72 valence electrons. The van der Waals surface area contributed by atoms with E-state index in [1.165, 1.54) is 6.07 Å². The fourth-order valence-corrected chi connectivity index (χ4v) is 1.78. The molecule has 0 saturated heterocycles. The van der Waals surface area contributed by atoms with E-state index in [-0.39, 0.29) is 5.82 Å². The highest BCUT2D eigenvalue weighted by molar-refractivity contribution is 7.83. The summed E-state index contributed by atoms with van der Waals surface area (Å²) in [6.45, 7) is 1.65. The van der Waals surface area contributed by atoms with Crippen molar-refractivity contribution in [1.29, 1.82) is 0 Å². The molecule has 1 aromatic rings. The van der Waals surface area contributed by atoms with Crippen LogP contribution in [0.1, 0.15) is 11.1 Å². The van der Waals surface area contributed by atoms with Crippen molar-refractivity contribution in [2.45, 2.75) is 12.7 Å². The van der Waals surface area contributed by atoms with Gasteiger partial charge in [0.15, 0.2) is 0 Å². The van der Waals surface area contributed by atoms with Crippen LogP contribution in [0, 0.1) is 12.7 Å². The SMILES string of the molecule is Cc1cc(N)c(CS(C)=O)cc1F. The Balaban J connectivity index is 3.08. The Morgan fingerprint density at radius 2 is 2.15 bits per heavy atom.